The van der Waals surface area contributed by atoms with Gasteiger partial charge in [0.2, 0.25) is 5.88 Å². The third-order valence-electron chi connectivity index (χ3n) is 2.40. The van der Waals surface area contributed by atoms with Gasteiger partial charge in [-0.2, -0.15) is 4.98 Å². The summed E-state index contributed by atoms with van der Waals surface area (Å²) in [6.45, 7) is 0. The molecule has 1 aromatic carbocycles. The molecule has 0 spiro atoms. The maximum absolute atomic E-state index is 5.64. The summed E-state index contributed by atoms with van der Waals surface area (Å²) in [5.41, 5.74) is 0.695. The number of para-hydroxylation sites is 1. The average Bonchev–Trinajstić information content (AvgIpc) is 2.40. The molecule has 3 nitrogen and oxygen atoms in total. The van der Waals surface area contributed by atoms with E-state index in [1.165, 1.54) is 0 Å². The van der Waals surface area contributed by atoms with Crippen molar-refractivity contribution in [3.63, 3.8) is 0 Å². The largest absolute Gasteiger partial charge is 0.439 e. The van der Waals surface area contributed by atoms with E-state index in [0.717, 1.165) is 11.1 Å². The van der Waals surface area contributed by atoms with E-state index in [9.17, 15) is 0 Å². The lowest BCUT2D eigenvalue weighted by atomic mass is 10.3. The molecule has 82 valence electrons. The third kappa shape index (κ3) is 2.08. The molecule has 2 aromatic heterocycles. The number of hydrogen-bond acceptors (Lipinski definition) is 3. The van der Waals surface area contributed by atoms with E-state index < -0.39 is 0 Å². The van der Waals surface area contributed by atoms with Crippen LogP contribution in [-0.2, 0) is 0 Å². The topological polar surface area (TPSA) is 35.0 Å². The molecule has 17 heavy (non-hydrogen) atoms. The number of fused-ring (bicyclic) bond motifs is 1. The normalized spacial score (nSPS) is 10.4. The van der Waals surface area contributed by atoms with Crippen molar-refractivity contribution in [2.45, 2.75) is 0 Å². The number of nitrogens with zero attached hydrogens (tertiary/aromatic N) is 2. The van der Waals surface area contributed by atoms with E-state index in [1.807, 2.05) is 54.6 Å². The third-order valence-corrected chi connectivity index (χ3v) is 2.40. The first-order valence-electron chi connectivity index (χ1n) is 5.36. The molecule has 0 saturated heterocycles. The Kier molecular flexibility index (Phi) is 2.43. The fourth-order valence-electron chi connectivity index (χ4n) is 1.60. The number of hydrogen-bond donors (Lipinski definition) is 0. The first-order chi connectivity index (χ1) is 8.42. The van der Waals surface area contributed by atoms with Crippen LogP contribution in [0, 0.1) is 0 Å². The van der Waals surface area contributed by atoms with Crippen molar-refractivity contribution in [3.8, 4) is 11.6 Å². The average molecular weight is 222 g/mol. The van der Waals surface area contributed by atoms with E-state index in [2.05, 4.69) is 9.97 Å². The van der Waals surface area contributed by atoms with E-state index in [0.29, 0.717) is 11.5 Å². The number of benzene rings is 1. The van der Waals surface area contributed by atoms with Gasteiger partial charge in [-0.25, -0.2) is 4.98 Å². The molecule has 3 rings (SSSR count). The van der Waals surface area contributed by atoms with Gasteiger partial charge < -0.3 is 4.74 Å². The summed E-state index contributed by atoms with van der Waals surface area (Å²) < 4.78 is 5.64. The lowest BCUT2D eigenvalue weighted by Crippen LogP contribution is -1.89. The van der Waals surface area contributed by atoms with E-state index in [1.54, 1.807) is 6.20 Å². The van der Waals surface area contributed by atoms with Crippen molar-refractivity contribution in [2.75, 3.05) is 0 Å². The van der Waals surface area contributed by atoms with Crippen LogP contribution in [0.25, 0.3) is 11.0 Å². The smallest absolute Gasteiger partial charge is 0.221 e. The zero-order chi connectivity index (χ0) is 11.5. The van der Waals surface area contributed by atoms with Gasteiger partial charge in [0.05, 0.1) is 0 Å². The Balaban J connectivity index is 1.96. The van der Waals surface area contributed by atoms with Crippen LogP contribution in [0.3, 0.4) is 0 Å². The van der Waals surface area contributed by atoms with Gasteiger partial charge >= 0.3 is 0 Å². The Hall–Kier alpha value is -2.42. The van der Waals surface area contributed by atoms with Crippen LogP contribution in [0.5, 0.6) is 11.6 Å². The second-order valence-electron chi connectivity index (χ2n) is 3.61. The SMILES string of the molecule is c1ccc(Oc2ccc3cccnc3n2)cc1. The van der Waals surface area contributed by atoms with Crippen molar-refractivity contribution >= 4 is 11.0 Å². The quantitative estimate of drug-likeness (QED) is 0.666. The van der Waals surface area contributed by atoms with E-state index in [4.69, 9.17) is 4.74 Å². The molecule has 0 atom stereocenters. The Bertz CT molecular complexity index is 638. The Morgan fingerprint density at radius 1 is 0.824 bits per heavy atom. The second-order valence-corrected chi connectivity index (χ2v) is 3.61. The molecule has 0 amide bonds. The van der Waals surface area contributed by atoms with Gasteiger partial charge in [-0.1, -0.05) is 18.2 Å². The van der Waals surface area contributed by atoms with Gasteiger partial charge in [-0.3, -0.25) is 0 Å². The molecule has 0 fully saturated rings. The fourth-order valence-corrected chi connectivity index (χ4v) is 1.60. The second kappa shape index (κ2) is 4.22. The molecule has 0 N–H and O–H groups in total. The lowest BCUT2D eigenvalue weighted by molar-refractivity contribution is 0.465. The molecule has 0 bridgehead atoms. The molecule has 0 radical (unpaired) electrons. The highest BCUT2D eigenvalue weighted by molar-refractivity contribution is 5.74. The first-order valence-corrected chi connectivity index (χ1v) is 5.36. The predicted octanol–water partition coefficient (Wildman–Crippen LogP) is 3.42. The maximum atomic E-state index is 5.64. The van der Waals surface area contributed by atoms with Gasteiger partial charge in [0.25, 0.3) is 0 Å². The number of aromatic nitrogens is 2. The van der Waals surface area contributed by atoms with E-state index in [-0.39, 0.29) is 0 Å². The minimum absolute atomic E-state index is 0.558. The molecule has 0 saturated carbocycles. The zero-order valence-corrected chi connectivity index (χ0v) is 9.08. The molecule has 3 heteroatoms. The van der Waals surface area contributed by atoms with Crippen LogP contribution in [-0.4, -0.2) is 9.97 Å². The van der Waals surface area contributed by atoms with Crippen LogP contribution in [0.2, 0.25) is 0 Å². The van der Waals surface area contributed by atoms with Crippen LogP contribution >= 0.6 is 0 Å². The molecule has 3 aromatic rings. The Morgan fingerprint density at radius 2 is 1.71 bits per heavy atom. The molecular formula is C14H10N2O. The fraction of sp³-hybridized carbons (Fsp3) is 0. The molecular weight excluding hydrogens is 212 g/mol. The minimum Gasteiger partial charge on any atom is -0.439 e. The van der Waals surface area contributed by atoms with Gasteiger partial charge in [-0.15, -0.1) is 0 Å². The Morgan fingerprint density at radius 3 is 2.59 bits per heavy atom. The lowest BCUT2D eigenvalue weighted by Gasteiger charge is -2.04. The summed E-state index contributed by atoms with van der Waals surface area (Å²) >= 11 is 0. The van der Waals surface area contributed by atoms with Crippen LogP contribution in [0.1, 0.15) is 0 Å². The van der Waals surface area contributed by atoms with Crippen LogP contribution < -0.4 is 4.74 Å². The van der Waals surface area contributed by atoms with Crippen molar-refractivity contribution in [3.05, 3.63) is 60.8 Å². The minimum atomic E-state index is 0.558. The zero-order valence-electron chi connectivity index (χ0n) is 9.08. The van der Waals surface area contributed by atoms with Crippen molar-refractivity contribution in [2.24, 2.45) is 0 Å². The van der Waals surface area contributed by atoms with Crippen LogP contribution in [0.15, 0.2) is 60.8 Å². The highest BCUT2D eigenvalue weighted by Crippen LogP contribution is 2.20. The van der Waals surface area contributed by atoms with Gasteiger partial charge in [0, 0.05) is 17.6 Å². The molecule has 0 unspecified atom stereocenters. The van der Waals surface area contributed by atoms with Gasteiger partial charge in [0.1, 0.15) is 5.75 Å². The number of rotatable bonds is 2. The summed E-state index contributed by atoms with van der Waals surface area (Å²) in [4.78, 5) is 8.53. The highest BCUT2D eigenvalue weighted by atomic mass is 16.5. The summed E-state index contributed by atoms with van der Waals surface area (Å²) in [5.74, 6) is 1.33. The van der Waals surface area contributed by atoms with Gasteiger partial charge in [-0.05, 0) is 30.3 Å². The molecule has 2 heterocycles. The van der Waals surface area contributed by atoms with Gasteiger partial charge in [0.15, 0.2) is 5.65 Å². The predicted molar refractivity (Wildman–Crippen MR) is 66.1 cm³/mol. The van der Waals surface area contributed by atoms with E-state index >= 15 is 0 Å². The standard InChI is InChI=1S/C14H10N2O/c1-2-6-12(7-3-1)17-13-9-8-11-5-4-10-15-14(11)16-13/h1-10H. The van der Waals surface area contributed by atoms with Crippen LogP contribution in [0.4, 0.5) is 0 Å². The first kappa shape index (κ1) is 9.78. The summed E-state index contributed by atoms with van der Waals surface area (Å²) in [6, 6.07) is 17.2. The number of ether oxygens (including phenoxy) is 1. The number of pyridine rings is 2. The maximum Gasteiger partial charge on any atom is 0.221 e. The molecule has 0 aliphatic rings. The molecule has 0 aliphatic carbocycles. The summed E-state index contributed by atoms with van der Waals surface area (Å²) in [6.07, 6.45) is 1.72. The van der Waals surface area contributed by atoms with Crippen molar-refractivity contribution in [1.29, 1.82) is 0 Å². The van der Waals surface area contributed by atoms with Crippen molar-refractivity contribution < 1.29 is 4.74 Å². The summed E-state index contributed by atoms with van der Waals surface area (Å²) in [7, 11) is 0. The monoisotopic (exact) mass is 222 g/mol. The Labute approximate surface area is 98.7 Å². The van der Waals surface area contributed by atoms with Crippen molar-refractivity contribution in [1.82, 2.24) is 9.97 Å². The highest BCUT2D eigenvalue weighted by Gasteiger charge is 2.00. The summed E-state index contributed by atoms with van der Waals surface area (Å²) in [5, 5.41) is 1.01. The molecule has 0 aliphatic heterocycles.